The lowest BCUT2D eigenvalue weighted by Crippen LogP contribution is -2.15. The quantitative estimate of drug-likeness (QED) is 0.625. The third kappa shape index (κ3) is 4.74. The average Bonchev–Trinajstić information content (AvgIpc) is 3.17. The normalized spacial score (nSPS) is 12.5. The molecule has 0 bridgehead atoms. The Labute approximate surface area is 167 Å². The van der Waals surface area contributed by atoms with Crippen LogP contribution in [0, 0.1) is 0 Å². The molecule has 1 aliphatic rings. The second kappa shape index (κ2) is 9.12. The first-order valence-corrected chi connectivity index (χ1v) is 9.45. The van der Waals surface area contributed by atoms with Crippen LogP contribution in [0.25, 0.3) is 11.4 Å². The van der Waals surface area contributed by atoms with Crippen molar-refractivity contribution in [3.63, 3.8) is 0 Å². The Morgan fingerprint density at radius 3 is 2.56 bits per heavy atom. The fourth-order valence-corrected chi connectivity index (χ4v) is 3.50. The number of fused-ring (bicyclic) bond motifs is 1. The van der Waals surface area contributed by atoms with Crippen molar-refractivity contribution < 1.29 is 14.0 Å². The molecule has 2 heterocycles. The molecule has 6 nitrogen and oxygen atoms in total. The molecule has 8 heteroatoms. The minimum Gasteiger partial charge on any atom is -0.486 e. The first kappa shape index (κ1) is 19.5. The predicted octanol–water partition coefficient (Wildman–Crippen LogP) is 3.72. The molecule has 27 heavy (non-hydrogen) atoms. The van der Waals surface area contributed by atoms with E-state index in [4.69, 9.17) is 19.7 Å². The smallest absolute Gasteiger partial charge is 0.227 e. The van der Waals surface area contributed by atoms with Crippen LogP contribution < -0.4 is 15.2 Å². The van der Waals surface area contributed by atoms with E-state index in [1.165, 1.54) is 0 Å². The summed E-state index contributed by atoms with van der Waals surface area (Å²) in [6.07, 6.45) is 0.701. The lowest BCUT2D eigenvalue weighted by molar-refractivity contribution is 0.171. The highest BCUT2D eigenvalue weighted by Crippen LogP contribution is 2.34. The SMILES string of the molecule is Cl.NCc1ccc(-c2noc(CCSc3ccc4c(c3)OCCO4)n2)cc1. The second-order valence-electron chi connectivity index (χ2n) is 5.82. The van der Waals surface area contributed by atoms with Crippen LogP contribution in [-0.2, 0) is 13.0 Å². The molecule has 3 aromatic rings. The highest BCUT2D eigenvalue weighted by atomic mass is 35.5. The van der Waals surface area contributed by atoms with Gasteiger partial charge in [-0.1, -0.05) is 29.4 Å². The largest absolute Gasteiger partial charge is 0.486 e. The van der Waals surface area contributed by atoms with Gasteiger partial charge in [0.25, 0.3) is 0 Å². The van der Waals surface area contributed by atoms with Crippen molar-refractivity contribution >= 4 is 24.2 Å². The van der Waals surface area contributed by atoms with E-state index in [0.29, 0.717) is 37.9 Å². The molecule has 0 spiro atoms. The van der Waals surface area contributed by atoms with Crippen LogP contribution in [0.15, 0.2) is 51.9 Å². The molecule has 0 unspecified atom stereocenters. The number of halogens is 1. The van der Waals surface area contributed by atoms with E-state index in [1.807, 2.05) is 42.5 Å². The molecule has 4 rings (SSSR count). The van der Waals surface area contributed by atoms with Gasteiger partial charge in [0.1, 0.15) is 13.2 Å². The van der Waals surface area contributed by atoms with Crippen LogP contribution in [0.2, 0.25) is 0 Å². The summed E-state index contributed by atoms with van der Waals surface area (Å²) >= 11 is 1.72. The van der Waals surface area contributed by atoms with Gasteiger partial charge in [0.2, 0.25) is 11.7 Å². The summed E-state index contributed by atoms with van der Waals surface area (Å²) in [7, 11) is 0. The predicted molar refractivity (Wildman–Crippen MR) is 107 cm³/mol. The maximum absolute atomic E-state index is 5.62. The number of ether oxygens (including phenoxy) is 2. The third-order valence-electron chi connectivity index (χ3n) is 4.01. The molecular weight excluding hydrogens is 386 g/mol. The number of thioether (sulfide) groups is 1. The lowest BCUT2D eigenvalue weighted by Gasteiger charge is -2.18. The van der Waals surface area contributed by atoms with Gasteiger partial charge in [0.15, 0.2) is 11.5 Å². The van der Waals surface area contributed by atoms with Crippen molar-refractivity contribution in [2.75, 3.05) is 19.0 Å². The Hall–Kier alpha value is -2.22. The summed E-state index contributed by atoms with van der Waals surface area (Å²) in [5.74, 6) is 3.69. The van der Waals surface area contributed by atoms with Crippen molar-refractivity contribution in [3.05, 3.63) is 53.9 Å². The van der Waals surface area contributed by atoms with Gasteiger partial charge in [-0.25, -0.2) is 0 Å². The molecule has 0 amide bonds. The minimum absolute atomic E-state index is 0. The first-order valence-electron chi connectivity index (χ1n) is 8.46. The van der Waals surface area contributed by atoms with Gasteiger partial charge < -0.3 is 19.7 Å². The molecule has 0 saturated heterocycles. The summed E-state index contributed by atoms with van der Waals surface area (Å²) in [5.41, 5.74) is 7.62. The first-order chi connectivity index (χ1) is 12.8. The van der Waals surface area contributed by atoms with Crippen molar-refractivity contribution in [2.45, 2.75) is 17.9 Å². The number of hydrogen-bond donors (Lipinski definition) is 1. The standard InChI is InChI=1S/C19H19N3O3S.ClH/c20-12-13-1-3-14(4-2-13)19-21-18(25-22-19)7-10-26-15-5-6-16-17(11-15)24-9-8-23-16;/h1-6,11H,7-10,12,20H2;1H. The van der Waals surface area contributed by atoms with Crippen LogP contribution in [0.5, 0.6) is 11.5 Å². The monoisotopic (exact) mass is 405 g/mol. The van der Waals surface area contributed by atoms with Crippen LogP contribution in [0.4, 0.5) is 0 Å². The minimum atomic E-state index is 0. The molecule has 2 N–H and O–H groups in total. The zero-order valence-electron chi connectivity index (χ0n) is 14.6. The van der Waals surface area contributed by atoms with Gasteiger partial charge in [0, 0.05) is 29.2 Å². The van der Waals surface area contributed by atoms with Gasteiger partial charge >= 0.3 is 0 Å². The Balaban J connectivity index is 0.00000210. The van der Waals surface area contributed by atoms with E-state index in [-0.39, 0.29) is 12.4 Å². The number of nitrogens with two attached hydrogens (primary N) is 1. The lowest BCUT2D eigenvalue weighted by atomic mass is 10.1. The van der Waals surface area contributed by atoms with Crippen molar-refractivity contribution in [1.82, 2.24) is 10.1 Å². The van der Waals surface area contributed by atoms with E-state index in [9.17, 15) is 0 Å². The highest BCUT2D eigenvalue weighted by molar-refractivity contribution is 7.99. The number of benzene rings is 2. The molecule has 1 aliphatic heterocycles. The van der Waals surface area contributed by atoms with Crippen molar-refractivity contribution in [1.29, 1.82) is 0 Å². The molecule has 0 saturated carbocycles. The molecule has 2 aromatic carbocycles. The van der Waals surface area contributed by atoms with Gasteiger partial charge in [-0.05, 0) is 23.8 Å². The number of nitrogens with zero attached hydrogens (tertiary/aromatic N) is 2. The molecule has 0 aliphatic carbocycles. The van der Waals surface area contributed by atoms with Gasteiger partial charge in [-0.2, -0.15) is 4.98 Å². The van der Waals surface area contributed by atoms with E-state index >= 15 is 0 Å². The Kier molecular flexibility index (Phi) is 6.60. The second-order valence-corrected chi connectivity index (χ2v) is 6.99. The third-order valence-corrected chi connectivity index (χ3v) is 5.01. The highest BCUT2D eigenvalue weighted by Gasteiger charge is 2.13. The summed E-state index contributed by atoms with van der Waals surface area (Å²) < 4.78 is 16.5. The van der Waals surface area contributed by atoms with Crippen LogP contribution in [-0.4, -0.2) is 29.1 Å². The Morgan fingerprint density at radius 2 is 1.78 bits per heavy atom. The van der Waals surface area contributed by atoms with E-state index < -0.39 is 0 Å². The molecule has 0 atom stereocenters. The summed E-state index contributed by atoms with van der Waals surface area (Å²) in [5, 5.41) is 4.06. The topological polar surface area (TPSA) is 83.4 Å². The summed E-state index contributed by atoms with van der Waals surface area (Å²) in [6, 6.07) is 13.9. The molecule has 1 aromatic heterocycles. The van der Waals surface area contributed by atoms with Crippen molar-refractivity contribution in [3.8, 4) is 22.9 Å². The number of rotatable bonds is 6. The Bertz CT molecular complexity index is 886. The van der Waals surface area contributed by atoms with Crippen LogP contribution in [0.1, 0.15) is 11.5 Å². The number of hydrogen-bond acceptors (Lipinski definition) is 7. The molecule has 142 valence electrons. The van der Waals surface area contributed by atoms with E-state index in [0.717, 1.165) is 33.3 Å². The fraction of sp³-hybridized carbons (Fsp3) is 0.263. The molecule has 0 radical (unpaired) electrons. The maximum Gasteiger partial charge on any atom is 0.227 e. The average molecular weight is 406 g/mol. The van der Waals surface area contributed by atoms with Gasteiger partial charge in [-0.3, -0.25) is 0 Å². The fourth-order valence-electron chi connectivity index (χ4n) is 2.63. The zero-order chi connectivity index (χ0) is 17.8. The van der Waals surface area contributed by atoms with Gasteiger partial charge in [-0.15, -0.1) is 24.2 Å². The van der Waals surface area contributed by atoms with Gasteiger partial charge in [0.05, 0.1) is 0 Å². The summed E-state index contributed by atoms with van der Waals surface area (Å²) in [4.78, 5) is 5.60. The number of aryl methyl sites for hydroxylation is 1. The summed E-state index contributed by atoms with van der Waals surface area (Å²) in [6.45, 7) is 1.72. The van der Waals surface area contributed by atoms with Crippen molar-refractivity contribution in [2.24, 2.45) is 5.73 Å². The van der Waals surface area contributed by atoms with Crippen LogP contribution >= 0.6 is 24.2 Å². The van der Waals surface area contributed by atoms with E-state index in [2.05, 4.69) is 10.1 Å². The van der Waals surface area contributed by atoms with Crippen LogP contribution in [0.3, 0.4) is 0 Å². The Morgan fingerprint density at radius 1 is 1.00 bits per heavy atom. The molecule has 0 fully saturated rings. The zero-order valence-corrected chi connectivity index (χ0v) is 16.2. The maximum atomic E-state index is 5.62. The van der Waals surface area contributed by atoms with E-state index in [1.54, 1.807) is 11.8 Å². The molecular formula is C19H20ClN3O3S. The number of aromatic nitrogens is 2.